The first-order valence-corrected chi connectivity index (χ1v) is 12.2. The Kier molecular flexibility index (Phi) is 7.89. The van der Waals surface area contributed by atoms with E-state index in [4.69, 9.17) is 28.3 Å². The molecule has 0 bridgehead atoms. The van der Waals surface area contributed by atoms with E-state index in [1.54, 1.807) is 11.8 Å². The van der Waals surface area contributed by atoms with Gasteiger partial charge in [-0.15, -0.1) is 0 Å². The Morgan fingerprint density at radius 1 is 1.18 bits per heavy atom. The van der Waals surface area contributed by atoms with Crippen LogP contribution in [-0.4, -0.2) is 67.3 Å². The third kappa shape index (κ3) is 5.71. The molecule has 2 aromatic heterocycles. The zero-order valence-electron chi connectivity index (χ0n) is 21.7. The van der Waals surface area contributed by atoms with E-state index in [1.807, 2.05) is 0 Å². The Hall–Kier alpha value is -3.28. The summed E-state index contributed by atoms with van der Waals surface area (Å²) in [6, 6.07) is 4.54. The molecule has 4 rings (SSSR count). The number of halogens is 3. The highest BCUT2D eigenvalue weighted by Gasteiger charge is 2.42. The molecule has 39 heavy (non-hydrogen) atoms. The molecule has 14 heteroatoms. The summed E-state index contributed by atoms with van der Waals surface area (Å²) in [6.07, 6.45) is -1.39. The van der Waals surface area contributed by atoms with Crippen LogP contribution in [0.4, 0.5) is 19.0 Å². The van der Waals surface area contributed by atoms with E-state index in [0.29, 0.717) is 5.39 Å². The zero-order valence-corrected chi connectivity index (χ0v) is 21.7. The van der Waals surface area contributed by atoms with Gasteiger partial charge in [-0.1, -0.05) is 18.2 Å². The molecular weight excluding hydrogens is 508 g/mol. The summed E-state index contributed by atoms with van der Waals surface area (Å²) >= 11 is 0. The molecule has 1 saturated heterocycles. The predicted molar refractivity (Wildman–Crippen MR) is 142 cm³/mol. The third-order valence-electron chi connectivity index (χ3n) is 7.00. The van der Waals surface area contributed by atoms with Crippen LogP contribution in [-0.2, 0) is 22.2 Å². The maximum atomic E-state index is 14.8. The van der Waals surface area contributed by atoms with E-state index >= 15 is 0 Å². The summed E-state index contributed by atoms with van der Waals surface area (Å²) in [5, 5.41) is 1.34. The number of ether oxygens (including phenoxy) is 1. The van der Waals surface area contributed by atoms with Crippen molar-refractivity contribution in [2.24, 2.45) is 7.05 Å². The summed E-state index contributed by atoms with van der Waals surface area (Å²) in [5.74, 6) is -0.928. The van der Waals surface area contributed by atoms with Gasteiger partial charge < -0.3 is 15.0 Å². The number of aromatic nitrogens is 3. The van der Waals surface area contributed by atoms with E-state index in [1.165, 1.54) is 43.1 Å². The van der Waals surface area contributed by atoms with Crippen LogP contribution >= 0.6 is 0 Å². The second-order valence-electron chi connectivity index (χ2n) is 9.75. The maximum absolute atomic E-state index is 14.8. The normalized spacial score (nSPS) is 16.4. The number of alkyl halides is 2. The molecule has 8 nitrogen and oxygen atoms in total. The van der Waals surface area contributed by atoms with Gasteiger partial charge in [-0.2, -0.15) is 0 Å². The molecule has 1 atom stereocenters. The average molecular weight is 533 g/mol. The molecule has 0 saturated carbocycles. The van der Waals surface area contributed by atoms with Crippen LogP contribution in [0.15, 0.2) is 35.4 Å². The SMILES string of the molecule is [B]C([B])([B])OC1(c2cc3c(N[C@H](C)c4cccc(C(F)F)c4F)ncnc3n(C)c2=O)CCN(C(C)=O)CC1. The van der Waals surface area contributed by atoms with E-state index in [0.717, 1.165) is 6.07 Å². The second kappa shape index (κ2) is 10.7. The van der Waals surface area contributed by atoms with Crippen LogP contribution in [0.25, 0.3) is 11.0 Å². The van der Waals surface area contributed by atoms with Gasteiger partial charge in [-0.05, 0) is 31.1 Å². The quantitative estimate of drug-likeness (QED) is 0.471. The minimum Gasteiger partial charge on any atom is -0.391 e. The molecule has 0 spiro atoms. The van der Waals surface area contributed by atoms with Crippen LogP contribution in [0.1, 0.15) is 55.8 Å². The van der Waals surface area contributed by atoms with Crippen LogP contribution in [0, 0.1) is 5.82 Å². The standard InChI is InChI=1S/C25H25B3F3N5O3/c1-13(15-5-4-6-16(19(15)29)20(30)31)34-21-17-11-18(23(38)35(3)22(17)33-12-32-21)24(39-25(26,27)28)7-9-36(10-8-24)14(2)37/h4-6,11-13,20H,7-10H2,1-3H3,(H,32,33,34)/t13-/m1/s1. The number of likely N-dealkylation sites (tertiary alicyclic amines) is 1. The smallest absolute Gasteiger partial charge is 0.266 e. The van der Waals surface area contributed by atoms with E-state index in [2.05, 4.69) is 15.3 Å². The van der Waals surface area contributed by atoms with Gasteiger partial charge in [-0.3, -0.25) is 14.2 Å². The van der Waals surface area contributed by atoms with Gasteiger partial charge in [0.2, 0.25) is 5.91 Å². The van der Waals surface area contributed by atoms with Crippen molar-refractivity contribution in [3.05, 3.63) is 63.5 Å². The van der Waals surface area contributed by atoms with Crippen molar-refractivity contribution in [3.63, 3.8) is 0 Å². The number of nitrogens with zero attached hydrogens (tertiary/aromatic N) is 4. The fourth-order valence-corrected chi connectivity index (χ4v) is 5.01. The van der Waals surface area contributed by atoms with E-state index in [-0.39, 0.29) is 54.4 Å². The number of piperidine rings is 1. The minimum atomic E-state index is -2.97. The Morgan fingerprint density at radius 3 is 2.41 bits per heavy atom. The summed E-state index contributed by atoms with van der Waals surface area (Å²) in [7, 11) is 18.9. The minimum absolute atomic E-state index is 0.0141. The van der Waals surface area contributed by atoms with Gasteiger partial charge in [-0.25, -0.2) is 23.1 Å². The molecule has 1 N–H and O–H groups in total. The lowest BCUT2D eigenvalue weighted by Gasteiger charge is -2.45. The van der Waals surface area contributed by atoms with Gasteiger partial charge in [0.25, 0.3) is 12.0 Å². The predicted octanol–water partition coefficient (Wildman–Crippen LogP) is 2.55. The molecular formula is C25H25B3F3N5O3. The second-order valence-corrected chi connectivity index (χ2v) is 9.75. The zero-order chi connectivity index (χ0) is 28.7. The first kappa shape index (κ1) is 28.7. The highest BCUT2D eigenvalue weighted by Crippen LogP contribution is 2.39. The molecule has 1 amide bonds. The van der Waals surface area contributed by atoms with Crippen molar-refractivity contribution >= 4 is 46.3 Å². The Morgan fingerprint density at radius 2 is 1.82 bits per heavy atom. The third-order valence-corrected chi connectivity index (χ3v) is 7.00. The number of hydrogen-bond acceptors (Lipinski definition) is 6. The monoisotopic (exact) mass is 533 g/mol. The summed E-state index contributed by atoms with van der Waals surface area (Å²) in [6.45, 7) is 3.57. The molecule has 6 radical (unpaired) electrons. The first-order valence-electron chi connectivity index (χ1n) is 12.2. The fourth-order valence-electron chi connectivity index (χ4n) is 5.01. The number of rotatable bonds is 7. The molecule has 1 aliphatic heterocycles. The Balaban J connectivity index is 1.82. The lowest BCUT2D eigenvalue weighted by Crippen LogP contribution is -2.53. The number of carbonyl (C=O) groups excluding carboxylic acids is 1. The lowest BCUT2D eigenvalue weighted by molar-refractivity contribution is -0.138. The van der Waals surface area contributed by atoms with Crippen molar-refractivity contribution in [1.29, 1.82) is 0 Å². The van der Waals surface area contributed by atoms with Gasteiger partial charge in [0, 0.05) is 32.6 Å². The van der Waals surface area contributed by atoms with Crippen LogP contribution in [0.5, 0.6) is 0 Å². The topological polar surface area (TPSA) is 89.3 Å². The number of benzene rings is 1. The highest BCUT2D eigenvalue weighted by molar-refractivity contribution is 6.58. The van der Waals surface area contributed by atoms with Gasteiger partial charge in [0.1, 0.15) is 23.6 Å². The molecule has 1 aromatic carbocycles. The molecule has 1 aliphatic rings. The maximum Gasteiger partial charge on any atom is 0.266 e. The number of aryl methyl sites for hydroxylation is 1. The number of hydrogen-bond donors (Lipinski definition) is 1. The lowest BCUT2D eigenvalue weighted by atomic mass is 9.52. The fraction of sp³-hybridized carbons (Fsp3) is 0.440. The van der Waals surface area contributed by atoms with E-state index in [9.17, 15) is 22.8 Å². The highest BCUT2D eigenvalue weighted by atomic mass is 19.3. The average Bonchev–Trinajstić information content (AvgIpc) is 2.85. The molecule has 0 unspecified atom stereocenters. The summed E-state index contributed by atoms with van der Waals surface area (Å²) in [5.41, 5.74) is -2.06. The van der Waals surface area contributed by atoms with Crippen LogP contribution < -0.4 is 10.9 Å². The first-order chi connectivity index (χ1) is 18.2. The van der Waals surface area contributed by atoms with Gasteiger partial charge in [0.15, 0.2) is 0 Å². The number of pyridine rings is 1. The Bertz CT molecular complexity index is 1460. The molecule has 3 aromatic rings. The number of anilines is 1. The van der Waals surface area contributed by atoms with Gasteiger partial charge >= 0.3 is 0 Å². The van der Waals surface area contributed by atoms with Crippen LogP contribution in [0.2, 0.25) is 0 Å². The Labute approximate surface area is 227 Å². The number of amides is 1. The van der Waals surface area contributed by atoms with Gasteiger partial charge in [0.05, 0.1) is 51.7 Å². The van der Waals surface area contributed by atoms with Crippen molar-refractivity contribution in [1.82, 2.24) is 19.4 Å². The number of carbonyl (C=O) groups is 1. The largest absolute Gasteiger partial charge is 0.391 e. The van der Waals surface area contributed by atoms with Crippen molar-refractivity contribution < 1.29 is 22.7 Å². The number of nitrogens with one attached hydrogen (secondary N) is 1. The van der Waals surface area contributed by atoms with Crippen molar-refractivity contribution in [3.8, 4) is 0 Å². The molecule has 0 aliphatic carbocycles. The van der Waals surface area contributed by atoms with Crippen molar-refractivity contribution in [2.45, 2.75) is 50.1 Å². The van der Waals surface area contributed by atoms with Crippen LogP contribution in [0.3, 0.4) is 0 Å². The summed E-state index contributed by atoms with van der Waals surface area (Å²) in [4.78, 5) is 35.6. The number of fused-ring (bicyclic) bond motifs is 1. The molecule has 1 fully saturated rings. The van der Waals surface area contributed by atoms with E-state index < -0.39 is 40.3 Å². The van der Waals surface area contributed by atoms with Crippen molar-refractivity contribution in [2.75, 3.05) is 18.4 Å². The molecule has 198 valence electrons. The summed E-state index contributed by atoms with van der Waals surface area (Å²) < 4.78 is 48.6. The molecule has 3 heterocycles.